The molecule has 1 unspecified atom stereocenters. The Morgan fingerprint density at radius 1 is 1.22 bits per heavy atom. The highest BCUT2D eigenvalue weighted by Gasteiger charge is 2.35. The van der Waals surface area contributed by atoms with Gasteiger partial charge in [-0.15, -0.1) is 0 Å². The lowest BCUT2D eigenvalue weighted by Gasteiger charge is -2.37. The molecule has 1 amide bonds. The molecular formula is C18H35N3O2. The molecule has 0 spiro atoms. The van der Waals surface area contributed by atoms with Crippen LogP contribution in [0.15, 0.2) is 0 Å². The second kappa shape index (κ2) is 7.84. The number of alkyl carbamates (subject to hydrolysis) is 1. The number of likely N-dealkylation sites (N-methyl/N-ethyl adjacent to an activating group) is 1. The fourth-order valence-electron chi connectivity index (χ4n) is 3.76. The molecular weight excluding hydrogens is 290 g/mol. The Hall–Kier alpha value is -0.810. The zero-order valence-electron chi connectivity index (χ0n) is 15.4. The minimum Gasteiger partial charge on any atom is -0.444 e. The average Bonchev–Trinajstić information content (AvgIpc) is 2.92. The number of carbonyl (C=O) groups excluding carboxylic acids is 1. The molecule has 134 valence electrons. The number of hydrogen-bond acceptors (Lipinski definition) is 4. The maximum absolute atomic E-state index is 11.9. The van der Waals surface area contributed by atoms with Crippen molar-refractivity contribution >= 4 is 6.09 Å². The Labute approximate surface area is 141 Å². The van der Waals surface area contributed by atoms with Crippen molar-refractivity contribution in [3.8, 4) is 0 Å². The molecule has 1 heterocycles. The lowest BCUT2D eigenvalue weighted by Crippen LogP contribution is -2.56. The van der Waals surface area contributed by atoms with Crippen LogP contribution >= 0.6 is 0 Å². The van der Waals surface area contributed by atoms with Crippen molar-refractivity contribution in [1.82, 2.24) is 15.5 Å². The Kier molecular flexibility index (Phi) is 6.32. The molecule has 2 aliphatic rings. The number of ether oxygens (including phenoxy) is 1. The third-order valence-electron chi connectivity index (χ3n) is 5.16. The van der Waals surface area contributed by atoms with E-state index in [1.54, 1.807) is 0 Å². The number of hydrogen-bond donors (Lipinski definition) is 2. The van der Waals surface area contributed by atoms with Crippen LogP contribution in [0.4, 0.5) is 4.79 Å². The van der Waals surface area contributed by atoms with Gasteiger partial charge < -0.3 is 20.3 Å². The van der Waals surface area contributed by atoms with Crippen molar-refractivity contribution in [1.29, 1.82) is 0 Å². The van der Waals surface area contributed by atoms with Gasteiger partial charge >= 0.3 is 6.09 Å². The van der Waals surface area contributed by atoms with Gasteiger partial charge in [0.1, 0.15) is 5.60 Å². The summed E-state index contributed by atoms with van der Waals surface area (Å²) in [6.45, 7) is 8.58. The molecule has 0 aromatic heterocycles. The number of nitrogens with one attached hydrogen (secondary N) is 2. The molecule has 0 bridgehead atoms. The molecule has 0 aromatic carbocycles. The molecule has 1 atom stereocenters. The van der Waals surface area contributed by atoms with Gasteiger partial charge in [-0.3, -0.25) is 0 Å². The predicted octanol–water partition coefficient (Wildman–Crippen LogP) is 2.90. The second-order valence-electron chi connectivity index (χ2n) is 8.35. The van der Waals surface area contributed by atoms with Gasteiger partial charge in [0.05, 0.1) is 0 Å². The molecule has 23 heavy (non-hydrogen) atoms. The zero-order chi connectivity index (χ0) is 16.9. The molecule has 2 fully saturated rings. The summed E-state index contributed by atoms with van der Waals surface area (Å²) in [5.74, 6) is 0. The van der Waals surface area contributed by atoms with E-state index in [0.717, 1.165) is 19.4 Å². The van der Waals surface area contributed by atoms with E-state index in [2.05, 4.69) is 22.6 Å². The summed E-state index contributed by atoms with van der Waals surface area (Å²) in [4.78, 5) is 14.4. The molecule has 0 aromatic rings. The Morgan fingerprint density at radius 3 is 2.52 bits per heavy atom. The topological polar surface area (TPSA) is 53.6 Å². The highest BCUT2D eigenvalue weighted by molar-refractivity contribution is 5.67. The number of amides is 1. The summed E-state index contributed by atoms with van der Waals surface area (Å²) in [5.41, 5.74) is -0.389. The molecule has 1 aliphatic carbocycles. The number of likely N-dealkylation sites (tertiary alicyclic amines) is 1. The number of nitrogens with zero attached hydrogens (tertiary/aromatic N) is 1. The van der Waals surface area contributed by atoms with Crippen LogP contribution in [0.2, 0.25) is 0 Å². The van der Waals surface area contributed by atoms with Crippen molar-refractivity contribution in [2.45, 2.75) is 82.9 Å². The monoisotopic (exact) mass is 325 g/mol. The van der Waals surface area contributed by atoms with E-state index in [1.807, 2.05) is 20.8 Å². The number of rotatable bonds is 5. The van der Waals surface area contributed by atoms with Crippen LogP contribution in [0, 0.1) is 0 Å². The molecule has 1 aliphatic heterocycles. The van der Waals surface area contributed by atoms with Gasteiger partial charge in [-0.1, -0.05) is 19.3 Å². The van der Waals surface area contributed by atoms with Crippen LogP contribution in [0.1, 0.15) is 65.7 Å². The normalized spacial score (nSPS) is 25.3. The first-order chi connectivity index (χ1) is 10.8. The standard InChI is InChI=1S/C18H35N3O2/c1-17(2,3)23-16(22)19-14-18(10-6-7-11-18)20-13-15-9-5-8-12-21(15)4/h15,20H,5-14H2,1-4H3,(H,19,22). The summed E-state index contributed by atoms with van der Waals surface area (Å²) in [5, 5.41) is 6.79. The van der Waals surface area contributed by atoms with Crippen LogP contribution in [0.3, 0.4) is 0 Å². The smallest absolute Gasteiger partial charge is 0.407 e. The van der Waals surface area contributed by atoms with Crippen LogP contribution < -0.4 is 10.6 Å². The van der Waals surface area contributed by atoms with Gasteiger partial charge in [-0.05, 0) is 60.0 Å². The first kappa shape index (κ1) is 18.5. The first-order valence-corrected chi connectivity index (χ1v) is 9.22. The Bertz CT molecular complexity index is 386. The summed E-state index contributed by atoms with van der Waals surface area (Å²) >= 11 is 0. The van der Waals surface area contributed by atoms with E-state index in [4.69, 9.17) is 4.74 Å². The predicted molar refractivity (Wildman–Crippen MR) is 93.7 cm³/mol. The van der Waals surface area contributed by atoms with Crippen molar-refractivity contribution in [2.24, 2.45) is 0 Å². The average molecular weight is 325 g/mol. The second-order valence-corrected chi connectivity index (χ2v) is 8.35. The van der Waals surface area contributed by atoms with Crippen LogP contribution in [-0.2, 0) is 4.74 Å². The molecule has 2 N–H and O–H groups in total. The Morgan fingerprint density at radius 2 is 1.91 bits per heavy atom. The van der Waals surface area contributed by atoms with Crippen LogP contribution in [-0.4, -0.2) is 54.9 Å². The third kappa shape index (κ3) is 5.96. The van der Waals surface area contributed by atoms with Crippen molar-refractivity contribution in [2.75, 3.05) is 26.7 Å². The molecule has 5 nitrogen and oxygen atoms in total. The molecule has 1 saturated carbocycles. The van der Waals surface area contributed by atoms with Gasteiger partial charge in [0, 0.05) is 24.7 Å². The summed E-state index contributed by atoms with van der Waals surface area (Å²) in [6.07, 6.45) is 8.38. The van der Waals surface area contributed by atoms with E-state index in [0.29, 0.717) is 12.6 Å². The summed E-state index contributed by atoms with van der Waals surface area (Å²) < 4.78 is 5.37. The van der Waals surface area contributed by atoms with E-state index in [-0.39, 0.29) is 11.6 Å². The Balaban J connectivity index is 1.82. The lowest BCUT2D eigenvalue weighted by molar-refractivity contribution is 0.0507. The molecule has 5 heteroatoms. The van der Waals surface area contributed by atoms with Gasteiger partial charge in [0.2, 0.25) is 0 Å². The van der Waals surface area contributed by atoms with Crippen LogP contribution in [0.25, 0.3) is 0 Å². The fraction of sp³-hybridized carbons (Fsp3) is 0.944. The fourth-order valence-corrected chi connectivity index (χ4v) is 3.76. The van der Waals surface area contributed by atoms with Crippen molar-refractivity contribution in [3.05, 3.63) is 0 Å². The third-order valence-corrected chi connectivity index (χ3v) is 5.16. The number of piperidine rings is 1. The van der Waals surface area contributed by atoms with E-state index in [1.165, 1.54) is 38.6 Å². The van der Waals surface area contributed by atoms with Gasteiger partial charge in [-0.2, -0.15) is 0 Å². The molecule has 2 rings (SSSR count). The maximum Gasteiger partial charge on any atom is 0.407 e. The molecule has 0 radical (unpaired) electrons. The summed E-state index contributed by atoms with van der Waals surface area (Å²) in [7, 11) is 2.23. The van der Waals surface area contributed by atoms with Gasteiger partial charge in [0.15, 0.2) is 0 Å². The molecule has 1 saturated heterocycles. The first-order valence-electron chi connectivity index (χ1n) is 9.22. The quantitative estimate of drug-likeness (QED) is 0.816. The van der Waals surface area contributed by atoms with E-state index >= 15 is 0 Å². The highest BCUT2D eigenvalue weighted by Crippen LogP contribution is 2.29. The SMILES string of the molecule is CN1CCCCC1CNC1(CNC(=O)OC(C)(C)C)CCCC1. The van der Waals surface area contributed by atoms with E-state index in [9.17, 15) is 4.79 Å². The van der Waals surface area contributed by atoms with Crippen molar-refractivity contribution in [3.63, 3.8) is 0 Å². The highest BCUT2D eigenvalue weighted by atomic mass is 16.6. The van der Waals surface area contributed by atoms with Crippen LogP contribution in [0.5, 0.6) is 0 Å². The largest absolute Gasteiger partial charge is 0.444 e. The number of carbonyl (C=O) groups is 1. The zero-order valence-corrected chi connectivity index (χ0v) is 15.4. The van der Waals surface area contributed by atoms with Gasteiger partial charge in [0.25, 0.3) is 0 Å². The maximum atomic E-state index is 11.9. The van der Waals surface area contributed by atoms with Gasteiger partial charge in [-0.25, -0.2) is 4.79 Å². The minimum absolute atomic E-state index is 0.0508. The minimum atomic E-state index is -0.439. The van der Waals surface area contributed by atoms with E-state index < -0.39 is 5.60 Å². The lowest BCUT2D eigenvalue weighted by atomic mass is 9.95. The summed E-state index contributed by atoms with van der Waals surface area (Å²) in [6, 6.07) is 0.628. The van der Waals surface area contributed by atoms with Crippen molar-refractivity contribution < 1.29 is 9.53 Å².